The lowest BCUT2D eigenvalue weighted by Gasteiger charge is -2.29. The number of hydrogen-bond donors (Lipinski definition) is 1. The van der Waals surface area contributed by atoms with Gasteiger partial charge in [0, 0.05) is 37.3 Å². The van der Waals surface area contributed by atoms with Crippen molar-refractivity contribution in [3.63, 3.8) is 0 Å². The third-order valence-electron chi connectivity index (χ3n) is 5.82. The van der Waals surface area contributed by atoms with Crippen LogP contribution in [0.2, 0.25) is 0 Å². The molecule has 3 heterocycles. The molecule has 0 spiro atoms. The fourth-order valence-corrected chi connectivity index (χ4v) is 3.94. The summed E-state index contributed by atoms with van der Waals surface area (Å²) in [7, 11) is 0. The van der Waals surface area contributed by atoms with Crippen LogP contribution in [-0.4, -0.2) is 64.1 Å². The first-order chi connectivity index (χ1) is 13.9. The lowest BCUT2D eigenvalue weighted by Crippen LogP contribution is -2.39. The van der Waals surface area contributed by atoms with Crippen LogP contribution in [0.3, 0.4) is 0 Å². The van der Waals surface area contributed by atoms with E-state index >= 15 is 0 Å². The number of ether oxygens (including phenoxy) is 1. The first-order valence-electron chi connectivity index (χ1n) is 10.2. The molecule has 1 saturated heterocycles. The number of aromatic nitrogens is 4. The molecule has 2 aliphatic rings. The molecule has 1 saturated carbocycles. The molecule has 2 fully saturated rings. The summed E-state index contributed by atoms with van der Waals surface area (Å²) in [4.78, 5) is 2.44. The Hall–Kier alpha value is -2.51. The maximum atomic E-state index is 5.44. The van der Waals surface area contributed by atoms with E-state index in [4.69, 9.17) is 9.84 Å². The molecule has 0 amide bonds. The molecule has 2 aromatic heterocycles. The highest BCUT2D eigenvalue weighted by Crippen LogP contribution is 2.39. The van der Waals surface area contributed by atoms with Gasteiger partial charge in [0.15, 0.2) is 17.3 Å². The van der Waals surface area contributed by atoms with Crippen LogP contribution >= 0.6 is 0 Å². The van der Waals surface area contributed by atoms with Gasteiger partial charge in [0.2, 0.25) is 0 Å². The molecular formula is C21H26N6O. The van der Waals surface area contributed by atoms with Crippen LogP contribution in [0.1, 0.15) is 30.7 Å². The van der Waals surface area contributed by atoms with Gasteiger partial charge in [0.05, 0.1) is 13.2 Å². The summed E-state index contributed by atoms with van der Waals surface area (Å²) < 4.78 is 7.31. The van der Waals surface area contributed by atoms with Gasteiger partial charge in [-0.05, 0) is 24.8 Å². The van der Waals surface area contributed by atoms with Gasteiger partial charge in [-0.15, -0.1) is 15.3 Å². The molecule has 0 unspecified atom stereocenters. The molecular weight excluding hydrogens is 352 g/mol. The average molecular weight is 378 g/mol. The number of nitrogens with zero attached hydrogens (tertiary/aromatic N) is 5. The quantitative estimate of drug-likeness (QED) is 0.711. The second-order valence-corrected chi connectivity index (χ2v) is 7.62. The maximum absolute atomic E-state index is 5.44. The number of rotatable bonds is 6. The van der Waals surface area contributed by atoms with Crippen LogP contribution in [-0.2, 0) is 4.74 Å². The van der Waals surface area contributed by atoms with Crippen molar-refractivity contribution in [2.24, 2.45) is 0 Å². The van der Waals surface area contributed by atoms with Gasteiger partial charge in [0.25, 0.3) is 0 Å². The Morgan fingerprint density at radius 1 is 1.07 bits per heavy atom. The third kappa shape index (κ3) is 3.47. The zero-order valence-corrected chi connectivity index (χ0v) is 16.0. The molecule has 5 rings (SSSR count). The summed E-state index contributed by atoms with van der Waals surface area (Å²) in [5.74, 6) is 2.34. The summed E-state index contributed by atoms with van der Waals surface area (Å²) in [6, 6.07) is 12.3. The van der Waals surface area contributed by atoms with E-state index in [0.29, 0.717) is 5.92 Å². The predicted octanol–water partition coefficient (Wildman–Crippen LogP) is 2.80. The van der Waals surface area contributed by atoms with E-state index in [0.717, 1.165) is 62.2 Å². The fraction of sp³-hybridized carbons (Fsp3) is 0.476. The van der Waals surface area contributed by atoms with E-state index in [1.54, 1.807) is 0 Å². The highest BCUT2D eigenvalue weighted by Gasteiger charge is 2.25. The largest absolute Gasteiger partial charge is 0.379 e. The van der Waals surface area contributed by atoms with Gasteiger partial charge >= 0.3 is 0 Å². The highest BCUT2D eigenvalue weighted by atomic mass is 16.5. The first-order valence-corrected chi connectivity index (χ1v) is 10.2. The Bertz CT molecular complexity index is 931. The molecule has 1 aromatic carbocycles. The summed E-state index contributed by atoms with van der Waals surface area (Å²) in [5.41, 5.74) is 3.13. The molecule has 1 aliphatic heterocycles. The third-order valence-corrected chi connectivity index (χ3v) is 5.82. The van der Waals surface area contributed by atoms with Gasteiger partial charge in [-0.25, -0.2) is 0 Å². The normalized spacial score (nSPS) is 18.3. The van der Waals surface area contributed by atoms with Crippen LogP contribution in [0, 0.1) is 0 Å². The van der Waals surface area contributed by atoms with E-state index in [-0.39, 0.29) is 0 Å². The fourth-order valence-electron chi connectivity index (χ4n) is 3.94. The van der Waals surface area contributed by atoms with Crippen molar-refractivity contribution in [2.75, 3.05) is 44.7 Å². The van der Waals surface area contributed by atoms with Gasteiger partial charge in [-0.2, -0.15) is 4.52 Å². The lowest BCUT2D eigenvalue weighted by molar-refractivity contribution is 0.0398. The summed E-state index contributed by atoms with van der Waals surface area (Å²) >= 11 is 0. The SMILES string of the molecule is c1ccc(-c2nnc3cc(C4CCC4)c(NCCN4CCOCC4)nn23)cc1. The van der Waals surface area contributed by atoms with Crippen molar-refractivity contribution in [3.8, 4) is 11.4 Å². The van der Waals surface area contributed by atoms with Crippen molar-refractivity contribution in [1.29, 1.82) is 0 Å². The molecule has 3 aromatic rings. The van der Waals surface area contributed by atoms with Crippen LogP contribution in [0.25, 0.3) is 17.0 Å². The van der Waals surface area contributed by atoms with Crippen LogP contribution in [0.15, 0.2) is 36.4 Å². The van der Waals surface area contributed by atoms with Crippen molar-refractivity contribution in [1.82, 2.24) is 24.7 Å². The average Bonchev–Trinajstić information content (AvgIpc) is 3.11. The van der Waals surface area contributed by atoms with Gasteiger partial charge in [0.1, 0.15) is 0 Å². The number of morpholine rings is 1. The first kappa shape index (κ1) is 17.6. The zero-order chi connectivity index (χ0) is 18.8. The highest BCUT2D eigenvalue weighted by molar-refractivity contribution is 5.61. The van der Waals surface area contributed by atoms with Gasteiger partial charge in [-0.1, -0.05) is 36.8 Å². The van der Waals surface area contributed by atoms with E-state index in [1.165, 1.54) is 24.8 Å². The number of nitrogens with one attached hydrogen (secondary N) is 1. The van der Waals surface area contributed by atoms with Crippen molar-refractivity contribution in [2.45, 2.75) is 25.2 Å². The Morgan fingerprint density at radius 3 is 2.64 bits per heavy atom. The molecule has 7 nitrogen and oxygen atoms in total. The number of anilines is 1. The summed E-state index contributed by atoms with van der Waals surface area (Å²) in [6.45, 7) is 5.56. The summed E-state index contributed by atoms with van der Waals surface area (Å²) in [5, 5.41) is 17.3. The second kappa shape index (κ2) is 7.85. The topological polar surface area (TPSA) is 67.6 Å². The minimum absolute atomic E-state index is 0.584. The number of hydrogen-bond acceptors (Lipinski definition) is 6. The van der Waals surface area contributed by atoms with Crippen LogP contribution in [0.4, 0.5) is 5.82 Å². The van der Waals surface area contributed by atoms with E-state index in [1.807, 2.05) is 34.8 Å². The predicted molar refractivity (Wildman–Crippen MR) is 109 cm³/mol. The van der Waals surface area contributed by atoms with Crippen molar-refractivity contribution >= 4 is 11.5 Å². The Morgan fingerprint density at radius 2 is 1.89 bits per heavy atom. The van der Waals surface area contributed by atoms with Crippen LogP contribution < -0.4 is 5.32 Å². The minimum atomic E-state index is 0.584. The molecule has 146 valence electrons. The Kier molecular flexibility index (Phi) is 4.93. The van der Waals surface area contributed by atoms with E-state index < -0.39 is 0 Å². The number of fused-ring (bicyclic) bond motifs is 1. The molecule has 1 aliphatic carbocycles. The van der Waals surface area contributed by atoms with E-state index in [9.17, 15) is 0 Å². The number of benzene rings is 1. The summed E-state index contributed by atoms with van der Waals surface area (Å²) in [6.07, 6.45) is 3.76. The molecule has 0 radical (unpaired) electrons. The lowest BCUT2D eigenvalue weighted by atomic mass is 9.80. The molecule has 7 heteroatoms. The molecule has 0 atom stereocenters. The maximum Gasteiger partial charge on any atom is 0.185 e. The van der Waals surface area contributed by atoms with E-state index in [2.05, 4.69) is 26.5 Å². The standard InChI is InChI=1S/C21H26N6O/c1-2-5-17(6-3-1)21-24-23-19-15-18(16-7-4-8-16)20(25-27(19)21)22-9-10-26-11-13-28-14-12-26/h1-3,5-6,15-16H,4,7-14H2,(H,22,25). The van der Waals surface area contributed by atoms with Crippen LogP contribution in [0.5, 0.6) is 0 Å². The molecule has 28 heavy (non-hydrogen) atoms. The Labute approximate surface area is 164 Å². The smallest absolute Gasteiger partial charge is 0.185 e. The van der Waals surface area contributed by atoms with Crippen molar-refractivity contribution < 1.29 is 4.74 Å². The molecule has 1 N–H and O–H groups in total. The van der Waals surface area contributed by atoms with Gasteiger partial charge < -0.3 is 10.1 Å². The van der Waals surface area contributed by atoms with Crippen molar-refractivity contribution in [3.05, 3.63) is 42.0 Å². The monoisotopic (exact) mass is 378 g/mol. The Balaban J connectivity index is 1.43. The second-order valence-electron chi connectivity index (χ2n) is 7.62. The minimum Gasteiger partial charge on any atom is -0.379 e. The molecule has 0 bridgehead atoms. The van der Waals surface area contributed by atoms with Gasteiger partial charge in [-0.3, -0.25) is 4.90 Å². The zero-order valence-electron chi connectivity index (χ0n) is 16.0.